The maximum Gasteiger partial charge on any atom is 0.257 e. The first kappa shape index (κ1) is 17.5. The molecule has 1 unspecified atom stereocenters. The highest BCUT2D eigenvalue weighted by Crippen LogP contribution is 2.23. The first-order valence-corrected chi connectivity index (χ1v) is 9.08. The van der Waals surface area contributed by atoms with Gasteiger partial charge in [-0.15, -0.1) is 0 Å². The minimum atomic E-state index is -0.0324. The smallest absolute Gasteiger partial charge is 0.257 e. The summed E-state index contributed by atoms with van der Waals surface area (Å²) >= 11 is 1.31. The summed E-state index contributed by atoms with van der Waals surface area (Å²) < 4.78 is 5.62. The van der Waals surface area contributed by atoms with E-state index in [9.17, 15) is 4.79 Å². The van der Waals surface area contributed by atoms with Crippen molar-refractivity contribution in [2.45, 2.75) is 11.3 Å². The van der Waals surface area contributed by atoms with Crippen molar-refractivity contribution in [1.82, 2.24) is 15.2 Å². The molecule has 1 N–H and O–H groups in total. The predicted octanol–water partition coefficient (Wildman–Crippen LogP) is 3.34. The molecular weight excluding hydrogens is 334 g/mol. The lowest BCUT2D eigenvalue weighted by molar-refractivity contribution is -0.118. The topological polar surface area (TPSA) is 58.4 Å². The fraction of sp³-hybridized carbons (Fsp3) is 0.263. The number of thioether (sulfide) groups is 1. The molecule has 0 aliphatic heterocycles. The van der Waals surface area contributed by atoms with Crippen LogP contribution in [0.3, 0.4) is 0 Å². The number of hydrogen-bond donors (Lipinski definition) is 1. The SMILES string of the molecule is CN(C)C(CNC(=O)CSc1nc2ccccc2o1)c1ccccc1. The molecule has 0 aliphatic carbocycles. The predicted molar refractivity (Wildman–Crippen MR) is 101 cm³/mol. The Morgan fingerprint density at radius 1 is 1.16 bits per heavy atom. The van der Waals surface area contributed by atoms with Gasteiger partial charge < -0.3 is 14.6 Å². The largest absolute Gasteiger partial charge is 0.431 e. The van der Waals surface area contributed by atoms with Crippen molar-refractivity contribution < 1.29 is 9.21 Å². The lowest BCUT2D eigenvalue weighted by Crippen LogP contribution is -2.35. The standard InChI is InChI=1S/C19H21N3O2S/c1-22(2)16(14-8-4-3-5-9-14)12-20-18(23)13-25-19-21-15-10-6-7-11-17(15)24-19/h3-11,16H,12-13H2,1-2H3,(H,20,23). The maximum absolute atomic E-state index is 12.2. The lowest BCUT2D eigenvalue weighted by atomic mass is 10.1. The number of nitrogens with zero attached hydrogens (tertiary/aromatic N) is 2. The molecule has 0 fully saturated rings. The Hall–Kier alpha value is -2.31. The molecule has 0 saturated carbocycles. The van der Waals surface area contributed by atoms with Crippen LogP contribution in [-0.2, 0) is 4.79 Å². The number of aromatic nitrogens is 1. The zero-order valence-corrected chi connectivity index (χ0v) is 15.1. The van der Waals surface area contributed by atoms with Gasteiger partial charge in [0.25, 0.3) is 5.22 Å². The Morgan fingerprint density at radius 3 is 2.60 bits per heavy atom. The van der Waals surface area contributed by atoms with Crippen LogP contribution < -0.4 is 5.32 Å². The highest BCUT2D eigenvalue weighted by atomic mass is 32.2. The fourth-order valence-corrected chi connectivity index (χ4v) is 3.24. The van der Waals surface area contributed by atoms with Crippen LogP contribution >= 0.6 is 11.8 Å². The Balaban J connectivity index is 1.53. The molecule has 0 bridgehead atoms. The van der Waals surface area contributed by atoms with Gasteiger partial charge in [-0.3, -0.25) is 4.79 Å². The number of likely N-dealkylation sites (N-methyl/N-ethyl adjacent to an activating group) is 1. The number of rotatable bonds is 7. The molecule has 0 spiro atoms. The van der Waals surface area contributed by atoms with Crippen LogP contribution in [0, 0.1) is 0 Å². The van der Waals surface area contributed by atoms with Crippen molar-refractivity contribution in [2.24, 2.45) is 0 Å². The molecule has 130 valence electrons. The Morgan fingerprint density at radius 2 is 1.88 bits per heavy atom. The van der Waals surface area contributed by atoms with Crippen molar-refractivity contribution >= 4 is 28.8 Å². The first-order chi connectivity index (χ1) is 12.1. The summed E-state index contributed by atoms with van der Waals surface area (Å²) in [5.41, 5.74) is 2.73. The van der Waals surface area contributed by atoms with Crippen LogP contribution in [-0.4, -0.2) is 42.2 Å². The summed E-state index contributed by atoms with van der Waals surface area (Å²) in [6, 6.07) is 17.9. The Kier molecular flexibility index (Phi) is 5.73. The van der Waals surface area contributed by atoms with Crippen LogP contribution in [0.4, 0.5) is 0 Å². The Labute approximate surface area is 151 Å². The minimum Gasteiger partial charge on any atom is -0.431 e. The third-order valence-corrected chi connectivity index (χ3v) is 4.73. The van der Waals surface area contributed by atoms with E-state index in [0.29, 0.717) is 11.8 Å². The van der Waals surface area contributed by atoms with Crippen LogP contribution in [0.25, 0.3) is 11.1 Å². The van der Waals surface area contributed by atoms with Gasteiger partial charge in [0.05, 0.1) is 11.8 Å². The second-order valence-electron chi connectivity index (χ2n) is 5.93. The summed E-state index contributed by atoms with van der Waals surface area (Å²) in [4.78, 5) is 18.6. The molecule has 6 heteroatoms. The van der Waals surface area contributed by atoms with Gasteiger partial charge in [-0.25, -0.2) is 4.98 Å². The Bertz CT molecular complexity index is 800. The molecule has 1 aromatic heterocycles. The number of oxazole rings is 1. The summed E-state index contributed by atoms with van der Waals surface area (Å²) in [7, 11) is 4.02. The van der Waals surface area contributed by atoms with E-state index < -0.39 is 0 Å². The first-order valence-electron chi connectivity index (χ1n) is 8.10. The number of amides is 1. The average Bonchev–Trinajstić information content (AvgIpc) is 3.04. The highest BCUT2D eigenvalue weighted by molar-refractivity contribution is 7.99. The van der Waals surface area contributed by atoms with Crippen LogP contribution in [0.15, 0.2) is 64.2 Å². The van der Waals surface area contributed by atoms with Gasteiger partial charge in [-0.1, -0.05) is 54.2 Å². The molecule has 0 saturated heterocycles. The summed E-state index contributed by atoms with van der Waals surface area (Å²) in [6.45, 7) is 0.559. The van der Waals surface area contributed by atoms with E-state index >= 15 is 0 Å². The molecule has 5 nitrogen and oxygen atoms in total. The zero-order valence-electron chi connectivity index (χ0n) is 14.3. The van der Waals surface area contributed by atoms with Gasteiger partial charge in [-0.2, -0.15) is 0 Å². The van der Waals surface area contributed by atoms with Gasteiger partial charge in [0, 0.05) is 6.54 Å². The van der Waals surface area contributed by atoms with Crippen molar-refractivity contribution in [3.63, 3.8) is 0 Å². The van der Waals surface area contributed by atoms with Crippen molar-refractivity contribution in [2.75, 3.05) is 26.4 Å². The van der Waals surface area contributed by atoms with Crippen LogP contribution in [0.5, 0.6) is 0 Å². The van der Waals surface area contributed by atoms with Gasteiger partial charge in [0.15, 0.2) is 5.58 Å². The fourth-order valence-electron chi connectivity index (χ4n) is 2.58. The normalized spacial score (nSPS) is 12.4. The van der Waals surface area contributed by atoms with E-state index in [1.54, 1.807) is 0 Å². The van der Waals surface area contributed by atoms with Gasteiger partial charge >= 0.3 is 0 Å². The number of para-hydroxylation sites is 2. The van der Waals surface area contributed by atoms with Crippen LogP contribution in [0.1, 0.15) is 11.6 Å². The molecule has 3 aromatic rings. The number of hydrogen-bond acceptors (Lipinski definition) is 5. The van der Waals surface area contributed by atoms with Crippen LogP contribution in [0.2, 0.25) is 0 Å². The van der Waals surface area contributed by atoms with E-state index in [0.717, 1.165) is 11.1 Å². The van der Waals surface area contributed by atoms with E-state index in [4.69, 9.17) is 4.42 Å². The molecule has 0 aliphatic rings. The molecule has 25 heavy (non-hydrogen) atoms. The summed E-state index contributed by atoms with van der Waals surface area (Å²) in [6.07, 6.45) is 0. The van der Waals surface area contributed by atoms with E-state index in [-0.39, 0.29) is 17.7 Å². The van der Waals surface area contributed by atoms with Gasteiger partial charge in [-0.05, 0) is 31.8 Å². The molecule has 0 radical (unpaired) electrons. The molecular formula is C19H21N3O2S. The molecule has 3 rings (SSSR count). The second kappa shape index (κ2) is 8.18. The van der Waals surface area contributed by atoms with Crippen molar-refractivity contribution in [1.29, 1.82) is 0 Å². The summed E-state index contributed by atoms with van der Waals surface area (Å²) in [5.74, 6) is 0.247. The minimum absolute atomic E-state index is 0.0324. The van der Waals surface area contributed by atoms with E-state index in [2.05, 4.69) is 27.3 Å². The number of carbonyl (C=O) groups excluding carboxylic acids is 1. The third-order valence-electron chi connectivity index (χ3n) is 3.90. The molecule has 1 atom stereocenters. The average molecular weight is 355 g/mol. The van der Waals surface area contributed by atoms with E-state index in [1.165, 1.54) is 17.3 Å². The highest BCUT2D eigenvalue weighted by Gasteiger charge is 2.15. The third kappa shape index (κ3) is 4.61. The van der Waals surface area contributed by atoms with Gasteiger partial charge in [0.2, 0.25) is 5.91 Å². The maximum atomic E-state index is 12.2. The van der Waals surface area contributed by atoms with Gasteiger partial charge in [0.1, 0.15) is 5.52 Å². The lowest BCUT2D eigenvalue weighted by Gasteiger charge is -2.25. The molecule has 2 aromatic carbocycles. The van der Waals surface area contributed by atoms with E-state index in [1.807, 2.05) is 56.6 Å². The van der Waals surface area contributed by atoms with Crippen molar-refractivity contribution in [3.8, 4) is 0 Å². The second-order valence-corrected chi connectivity index (χ2v) is 6.86. The number of benzene rings is 2. The molecule has 1 amide bonds. The molecule has 1 heterocycles. The number of carbonyl (C=O) groups is 1. The summed E-state index contributed by atoms with van der Waals surface area (Å²) in [5, 5.41) is 3.51. The monoisotopic (exact) mass is 355 g/mol. The number of fused-ring (bicyclic) bond motifs is 1. The van der Waals surface area contributed by atoms with Crippen molar-refractivity contribution in [3.05, 3.63) is 60.2 Å². The zero-order chi connectivity index (χ0) is 17.6. The number of nitrogens with one attached hydrogen (secondary N) is 1. The quantitative estimate of drug-likeness (QED) is 0.659.